The smallest absolute Gasteiger partial charge is 0.240 e. The zero-order valence-electron chi connectivity index (χ0n) is 9.50. The first-order valence-corrected chi connectivity index (χ1v) is 6.06. The Labute approximate surface area is 95.6 Å². The third-order valence-corrected chi connectivity index (χ3v) is 3.18. The van der Waals surface area contributed by atoms with E-state index in [0.29, 0.717) is 13.1 Å². The van der Waals surface area contributed by atoms with Gasteiger partial charge in [0.25, 0.3) is 0 Å². The van der Waals surface area contributed by atoms with Crippen molar-refractivity contribution in [2.24, 2.45) is 0 Å². The molecule has 5 heteroatoms. The molecule has 16 heavy (non-hydrogen) atoms. The van der Waals surface area contributed by atoms with Crippen molar-refractivity contribution in [1.82, 2.24) is 15.5 Å². The number of hydrogen-bond acceptors (Lipinski definition) is 3. The molecule has 0 aliphatic carbocycles. The Morgan fingerprint density at radius 2 is 2.12 bits per heavy atom. The summed E-state index contributed by atoms with van der Waals surface area (Å²) in [5.41, 5.74) is 0. The van der Waals surface area contributed by atoms with E-state index in [4.69, 9.17) is 0 Å². The SMILES string of the molecule is O=C1CN(C(=O)[C@@H]2CCCCN2)CCCN1. The van der Waals surface area contributed by atoms with Crippen molar-refractivity contribution in [3.05, 3.63) is 0 Å². The van der Waals surface area contributed by atoms with E-state index >= 15 is 0 Å². The molecule has 5 nitrogen and oxygen atoms in total. The Morgan fingerprint density at radius 1 is 1.25 bits per heavy atom. The highest BCUT2D eigenvalue weighted by Gasteiger charge is 2.27. The van der Waals surface area contributed by atoms with Crippen molar-refractivity contribution in [1.29, 1.82) is 0 Å². The first-order valence-electron chi connectivity index (χ1n) is 6.06. The number of piperidine rings is 1. The molecule has 0 radical (unpaired) electrons. The Hall–Kier alpha value is -1.10. The van der Waals surface area contributed by atoms with Crippen LogP contribution >= 0.6 is 0 Å². The summed E-state index contributed by atoms with van der Waals surface area (Å²) in [5.74, 6) is 0.0541. The molecule has 0 unspecified atom stereocenters. The zero-order chi connectivity index (χ0) is 11.4. The molecule has 0 bridgehead atoms. The van der Waals surface area contributed by atoms with Crippen molar-refractivity contribution in [3.8, 4) is 0 Å². The van der Waals surface area contributed by atoms with Gasteiger partial charge in [-0.25, -0.2) is 0 Å². The maximum Gasteiger partial charge on any atom is 0.240 e. The fourth-order valence-electron chi connectivity index (χ4n) is 2.28. The number of carbonyl (C=O) groups is 2. The zero-order valence-corrected chi connectivity index (χ0v) is 9.50. The molecule has 0 saturated carbocycles. The first kappa shape index (κ1) is 11.4. The second-order valence-corrected chi connectivity index (χ2v) is 4.47. The molecular formula is C11H19N3O2. The minimum absolute atomic E-state index is 0.0401. The van der Waals surface area contributed by atoms with E-state index in [0.717, 1.165) is 32.2 Å². The highest BCUT2D eigenvalue weighted by molar-refractivity contribution is 5.87. The molecule has 0 aromatic rings. The second kappa shape index (κ2) is 5.30. The fourth-order valence-corrected chi connectivity index (χ4v) is 2.28. The highest BCUT2D eigenvalue weighted by atomic mass is 16.2. The van der Waals surface area contributed by atoms with Crippen molar-refractivity contribution in [2.45, 2.75) is 31.7 Å². The minimum atomic E-state index is -0.0698. The summed E-state index contributed by atoms with van der Waals surface area (Å²) in [6.07, 6.45) is 3.99. The molecule has 0 aromatic carbocycles. The van der Waals surface area contributed by atoms with Crippen molar-refractivity contribution >= 4 is 11.8 Å². The number of nitrogens with zero attached hydrogens (tertiary/aromatic N) is 1. The first-order chi connectivity index (χ1) is 7.77. The van der Waals surface area contributed by atoms with Gasteiger partial charge >= 0.3 is 0 Å². The summed E-state index contributed by atoms with van der Waals surface area (Å²) in [6.45, 7) is 2.50. The summed E-state index contributed by atoms with van der Waals surface area (Å²) in [5, 5.41) is 6.01. The Bertz CT molecular complexity index is 274. The number of amides is 2. The van der Waals surface area contributed by atoms with E-state index < -0.39 is 0 Å². The van der Waals surface area contributed by atoms with Gasteiger partial charge in [0.15, 0.2) is 0 Å². The predicted molar refractivity (Wildman–Crippen MR) is 59.8 cm³/mol. The minimum Gasteiger partial charge on any atom is -0.354 e. The van der Waals surface area contributed by atoms with Crippen LogP contribution in [-0.4, -0.2) is 48.9 Å². The van der Waals surface area contributed by atoms with Crippen LogP contribution in [0.25, 0.3) is 0 Å². The second-order valence-electron chi connectivity index (χ2n) is 4.47. The van der Waals surface area contributed by atoms with Gasteiger partial charge < -0.3 is 15.5 Å². The molecule has 0 spiro atoms. The summed E-state index contributed by atoms with van der Waals surface area (Å²) < 4.78 is 0. The van der Waals surface area contributed by atoms with Crippen LogP contribution in [0.4, 0.5) is 0 Å². The summed E-state index contributed by atoms with van der Waals surface area (Å²) in [7, 11) is 0. The highest BCUT2D eigenvalue weighted by Crippen LogP contribution is 2.10. The van der Waals surface area contributed by atoms with Gasteiger partial charge in [-0.3, -0.25) is 9.59 Å². The molecule has 1 atom stereocenters. The average molecular weight is 225 g/mol. The summed E-state index contributed by atoms with van der Waals surface area (Å²) in [4.78, 5) is 25.2. The molecule has 90 valence electrons. The van der Waals surface area contributed by atoms with E-state index in [1.807, 2.05) is 0 Å². The van der Waals surface area contributed by atoms with Crippen molar-refractivity contribution in [2.75, 3.05) is 26.2 Å². The van der Waals surface area contributed by atoms with Gasteiger partial charge in [0.05, 0.1) is 12.6 Å². The Balaban J connectivity index is 1.93. The van der Waals surface area contributed by atoms with Crippen LogP contribution in [0.2, 0.25) is 0 Å². The lowest BCUT2D eigenvalue weighted by Gasteiger charge is -2.28. The predicted octanol–water partition coefficient (Wildman–Crippen LogP) is -0.523. The van der Waals surface area contributed by atoms with Gasteiger partial charge in [-0.2, -0.15) is 0 Å². The summed E-state index contributed by atoms with van der Waals surface area (Å²) in [6, 6.07) is -0.0698. The van der Waals surface area contributed by atoms with Gasteiger partial charge in [0.1, 0.15) is 0 Å². The third kappa shape index (κ3) is 2.72. The molecule has 2 aliphatic rings. The standard InChI is InChI=1S/C11H19N3O2/c15-10-8-14(7-3-6-13-10)11(16)9-4-1-2-5-12-9/h9,12H,1-8H2,(H,13,15)/t9-/m0/s1. The lowest BCUT2D eigenvalue weighted by atomic mass is 10.0. The van der Waals surface area contributed by atoms with E-state index in [9.17, 15) is 9.59 Å². The van der Waals surface area contributed by atoms with Crippen LogP contribution in [0.3, 0.4) is 0 Å². The number of nitrogens with one attached hydrogen (secondary N) is 2. The van der Waals surface area contributed by atoms with Crippen LogP contribution in [-0.2, 0) is 9.59 Å². The molecule has 2 rings (SSSR count). The molecule has 0 aromatic heterocycles. The van der Waals surface area contributed by atoms with Gasteiger partial charge in [-0.15, -0.1) is 0 Å². The molecule has 2 amide bonds. The van der Waals surface area contributed by atoms with E-state index in [1.54, 1.807) is 4.90 Å². The monoisotopic (exact) mass is 225 g/mol. The van der Waals surface area contributed by atoms with E-state index in [-0.39, 0.29) is 24.4 Å². The fraction of sp³-hybridized carbons (Fsp3) is 0.818. The summed E-state index contributed by atoms with van der Waals surface area (Å²) >= 11 is 0. The molecular weight excluding hydrogens is 206 g/mol. The van der Waals surface area contributed by atoms with Crippen LogP contribution < -0.4 is 10.6 Å². The largest absolute Gasteiger partial charge is 0.354 e. The van der Waals surface area contributed by atoms with Crippen LogP contribution in [0.15, 0.2) is 0 Å². The molecule has 2 saturated heterocycles. The van der Waals surface area contributed by atoms with Crippen LogP contribution in [0, 0.1) is 0 Å². The number of rotatable bonds is 1. The van der Waals surface area contributed by atoms with Crippen LogP contribution in [0.5, 0.6) is 0 Å². The lowest BCUT2D eigenvalue weighted by molar-refractivity contribution is -0.137. The Kier molecular flexibility index (Phi) is 3.77. The van der Waals surface area contributed by atoms with Gasteiger partial charge in [-0.05, 0) is 25.8 Å². The van der Waals surface area contributed by atoms with E-state index in [1.165, 1.54) is 0 Å². The van der Waals surface area contributed by atoms with Gasteiger partial charge in [0, 0.05) is 13.1 Å². The van der Waals surface area contributed by atoms with Gasteiger partial charge in [-0.1, -0.05) is 6.42 Å². The number of hydrogen-bond donors (Lipinski definition) is 2. The molecule has 2 N–H and O–H groups in total. The normalized spacial score (nSPS) is 27.1. The molecule has 2 aliphatic heterocycles. The lowest BCUT2D eigenvalue weighted by Crippen LogP contribution is -2.50. The molecule has 2 fully saturated rings. The van der Waals surface area contributed by atoms with E-state index in [2.05, 4.69) is 10.6 Å². The topological polar surface area (TPSA) is 61.4 Å². The maximum atomic E-state index is 12.1. The Morgan fingerprint density at radius 3 is 2.88 bits per heavy atom. The number of carbonyl (C=O) groups excluding carboxylic acids is 2. The van der Waals surface area contributed by atoms with Crippen molar-refractivity contribution < 1.29 is 9.59 Å². The third-order valence-electron chi connectivity index (χ3n) is 3.18. The molecule has 2 heterocycles. The maximum absolute atomic E-state index is 12.1. The van der Waals surface area contributed by atoms with Crippen LogP contribution in [0.1, 0.15) is 25.7 Å². The van der Waals surface area contributed by atoms with Gasteiger partial charge in [0.2, 0.25) is 11.8 Å². The average Bonchev–Trinajstić information content (AvgIpc) is 2.54. The quantitative estimate of drug-likeness (QED) is 0.631. The van der Waals surface area contributed by atoms with Crippen molar-refractivity contribution in [3.63, 3.8) is 0 Å².